The number of nitrogens with one attached hydrogen (secondary N) is 2. The molecule has 1 saturated heterocycles. The van der Waals surface area contributed by atoms with Crippen molar-refractivity contribution in [1.82, 2.24) is 15.5 Å². The third kappa shape index (κ3) is 2.83. The number of anilines is 1. The average Bonchev–Trinajstić information content (AvgIpc) is 2.77. The van der Waals surface area contributed by atoms with Crippen molar-refractivity contribution in [2.45, 2.75) is 0 Å². The topological polar surface area (TPSA) is 44.0 Å². The molecular weight excluding hydrogens is 259 g/mol. The lowest BCUT2D eigenvalue weighted by atomic mass is 10.2. The third-order valence-electron chi connectivity index (χ3n) is 2.91. The first-order valence-corrected chi connectivity index (χ1v) is 5.32. The van der Waals surface area contributed by atoms with E-state index in [1.54, 1.807) is 0 Å². The van der Waals surface area contributed by atoms with E-state index in [9.17, 15) is 0 Å². The molecule has 94 valence electrons. The first kappa shape index (κ1) is 14.1. The van der Waals surface area contributed by atoms with Crippen LogP contribution in [-0.2, 0) is 0 Å². The summed E-state index contributed by atoms with van der Waals surface area (Å²) in [4.78, 5) is 2.41. The van der Waals surface area contributed by atoms with E-state index in [1.165, 1.54) is 11.1 Å². The van der Waals surface area contributed by atoms with Crippen LogP contribution in [0.1, 0.15) is 0 Å². The number of aromatic nitrogens is 2. The van der Waals surface area contributed by atoms with Crippen molar-refractivity contribution in [3.05, 3.63) is 24.4 Å². The second-order valence-electron chi connectivity index (χ2n) is 3.88. The molecule has 1 aliphatic heterocycles. The number of rotatable bonds is 1. The van der Waals surface area contributed by atoms with Crippen LogP contribution in [0.4, 0.5) is 5.69 Å². The molecule has 1 fully saturated rings. The number of benzene rings is 1. The number of piperazine rings is 1. The van der Waals surface area contributed by atoms with Crippen molar-refractivity contribution < 1.29 is 0 Å². The molecule has 0 bridgehead atoms. The fourth-order valence-electron chi connectivity index (χ4n) is 2.05. The first-order valence-electron chi connectivity index (χ1n) is 5.32. The number of fused-ring (bicyclic) bond motifs is 1. The summed E-state index contributed by atoms with van der Waals surface area (Å²) in [5.74, 6) is 0. The van der Waals surface area contributed by atoms with Gasteiger partial charge in [-0.2, -0.15) is 5.10 Å². The maximum Gasteiger partial charge on any atom is 0.0651 e. The second kappa shape index (κ2) is 6.10. The van der Waals surface area contributed by atoms with Gasteiger partial charge in [-0.25, -0.2) is 0 Å². The van der Waals surface area contributed by atoms with Gasteiger partial charge in [0.15, 0.2) is 0 Å². The fraction of sp³-hybridized carbons (Fsp3) is 0.364. The summed E-state index contributed by atoms with van der Waals surface area (Å²) in [5.41, 5.74) is 2.40. The van der Waals surface area contributed by atoms with E-state index >= 15 is 0 Å². The molecule has 0 saturated carbocycles. The van der Waals surface area contributed by atoms with Gasteiger partial charge in [-0.1, -0.05) is 0 Å². The lowest BCUT2D eigenvalue weighted by Gasteiger charge is -2.29. The number of H-pyrrole nitrogens is 1. The summed E-state index contributed by atoms with van der Waals surface area (Å²) >= 11 is 0. The molecule has 1 aliphatic rings. The van der Waals surface area contributed by atoms with Crippen LogP contribution in [0.2, 0.25) is 0 Å². The number of aromatic amines is 1. The van der Waals surface area contributed by atoms with E-state index in [-0.39, 0.29) is 24.8 Å². The Morgan fingerprint density at radius 1 is 1.12 bits per heavy atom. The second-order valence-corrected chi connectivity index (χ2v) is 3.88. The van der Waals surface area contributed by atoms with Crippen LogP contribution in [0.25, 0.3) is 10.9 Å². The normalized spacial score (nSPS) is 15.2. The third-order valence-corrected chi connectivity index (χ3v) is 2.91. The molecule has 0 atom stereocenters. The zero-order valence-electron chi connectivity index (χ0n) is 9.35. The van der Waals surface area contributed by atoms with Crippen LogP contribution >= 0.6 is 24.8 Å². The number of halogens is 2. The summed E-state index contributed by atoms with van der Waals surface area (Å²) in [7, 11) is 0. The molecule has 0 radical (unpaired) electrons. The molecule has 2 N–H and O–H groups in total. The Kier molecular flexibility index (Phi) is 5.05. The molecule has 0 amide bonds. The monoisotopic (exact) mass is 274 g/mol. The summed E-state index contributed by atoms with van der Waals surface area (Å²) in [6.45, 7) is 4.32. The van der Waals surface area contributed by atoms with E-state index in [0.717, 1.165) is 31.7 Å². The molecule has 0 spiro atoms. The SMILES string of the molecule is Cl.Cl.c1cc2[nH]ncc2cc1N1CCNCC1. The smallest absolute Gasteiger partial charge is 0.0651 e. The minimum absolute atomic E-state index is 0. The molecule has 2 heterocycles. The first-order chi connectivity index (χ1) is 7.43. The largest absolute Gasteiger partial charge is 0.369 e. The molecule has 3 rings (SSSR count). The van der Waals surface area contributed by atoms with Crippen molar-refractivity contribution in [2.24, 2.45) is 0 Å². The molecule has 4 nitrogen and oxygen atoms in total. The van der Waals surface area contributed by atoms with Gasteiger partial charge in [0.2, 0.25) is 0 Å². The van der Waals surface area contributed by atoms with Crippen LogP contribution in [0, 0.1) is 0 Å². The van der Waals surface area contributed by atoms with Crippen LogP contribution in [0.15, 0.2) is 24.4 Å². The maximum atomic E-state index is 4.03. The van der Waals surface area contributed by atoms with E-state index in [4.69, 9.17) is 0 Å². The highest BCUT2D eigenvalue weighted by Crippen LogP contribution is 2.20. The number of nitrogens with zero attached hydrogens (tertiary/aromatic N) is 2. The van der Waals surface area contributed by atoms with Crippen LogP contribution in [0.3, 0.4) is 0 Å². The van der Waals surface area contributed by atoms with Crippen molar-refractivity contribution in [1.29, 1.82) is 0 Å². The standard InChI is InChI=1S/C11H14N4.2ClH/c1-2-11-9(8-13-14-11)7-10(1)15-5-3-12-4-6-15;;/h1-2,7-8,12H,3-6H2,(H,13,14);2*1H. The number of hydrogen-bond donors (Lipinski definition) is 2. The van der Waals surface area contributed by atoms with Gasteiger partial charge in [0, 0.05) is 37.3 Å². The summed E-state index contributed by atoms with van der Waals surface area (Å²) in [6, 6.07) is 6.45. The Morgan fingerprint density at radius 2 is 1.88 bits per heavy atom. The van der Waals surface area contributed by atoms with Gasteiger partial charge in [0.25, 0.3) is 0 Å². The van der Waals surface area contributed by atoms with Crippen molar-refractivity contribution >= 4 is 41.4 Å². The lowest BCUT2D eigenvalue weighted by molar-refractivity contribution is 0.589. The highest BCUT2D eigenvalue weighted by molar-refractivity contribution is 5.85. The maximum absolute atomic E-state index is 4.03. The zero-order chi connectivity index (χ0) is 10.1. The van der Waals surface area contributed by atoms with E-state index < -0.39 is 0 Å². The molecule has 6 heteroatoms. The lowest BCUT2D eigenvalue weighted by Crippen LogP contribution is -2.43. The molecule has 17 heavy (non-hydrogen) atoms. The van der Waals surface area contributed by atoms with Gasteiger partial charge in [-0.3, -0.25) is 5.10 Å². The van der Waals surface area contributed by atoms with Gasteiger partial charge in [-0.05, 0) is 18.2 Å². The zero-order valence-corrected chi connectivity index (χ0v) is 11.0. The summed E-state index contributed by atoms with van der Waals surface area (Å²) in [6.07, 6.45) is 1.88. The molecule has 0 aliphatic carbocycles. The highest BCUT2D eigenvalue weighted by Gasteiger charge is 2.10. The van der Waals surface area contributed by atoms with Gasteiger partial charge in [0.1, 0.15) is 0 Å². The Hall–Kier alpha value is -0.970. The van der Waals surface area contributed by atoms with Crippen molar-refractivity contribution in [3.63, 3.8) is 0 Å². The molecule has 1 aromatic heterocycles. The summed E-state index contributed by atoms with van der Waals surface area (Å²) < 4.78 is 0. The molecule has 2 aromatic rings. The van der Waals surface area contributed by atoms with Gasteiger partial charge < -0.3 is 10.2 Å². The van der Waals surface area contributed by atoms with Crippen LogP contribution in [-0.4, -0.2) is 36.4 Å². The highest BCUT2D eigenvalue weighted by atomic mass is 35.5. The van der Waals surface area contributed by atoms with Gasteiger partial charge in [0.05, 0.1) is 11.7 Å². The average molecular weight is 275 g/mol. The predicted molar refractivity (Wildman–Crippen MR) is 75.7 cm³/mol. The van der Waals surface area contributed by atoms with Crippen LogP contribution < -0.4 is 10.2 Å². The van der Waals surface area contributed by atoms with E-state index in [2.05, 4.69) is 38.6 Å². The van der Waals surface area contributed by atoms with Crippen molar-refractivity contribution in [2.75, 3.05) is 31.1 Å². The molecule has 1 aromatic carbocycles. The molecular formula is C11H16Cl2N4. The minimum atomic E-state index is 0. The quantitative estimate of drug-likeness (QED) is 0.834. The molecule has 0 unspecified atom stereocenters. The Labute approximate surface area is 113 Å². The van der Waals surface area contributed by atoms with Crippen LogP contribution in [0.5, 0.6) is 0 Å². The Balaban J connectivity index is 0.000000722. The minimum Gasteiger partial charge on any atom is -0.369 e. The Bertz CT molecular complexity index is 465. The van der Waals surface area contributed by atoms with Crippen molar-refractivity contribution in [3.8, 4) is 0 Å². The van der Waals surface area contributed by atoms with Gasteiger partial charge >= 0.3 is 0 Å². The number of hydrogen-bond acceptors (Lipinski definition) is 3. The fourth-order valence-corrected chi connectivity index (χ4v) is 2.05. The summed E-state index contributed by atoms with van der Waals surface area (Å²) in [5, 5.41) is 11.5. The Morgan fingerprint density at radius 3 is 2.65 bits per heavy atom. The predicted octanol–water partition coefficient (Wildman–Crippen LogP) is 1.82. The van der Waals surface area contributed by atoms with Gasteiger partial charge in [-0.15, -0.1) is 24.8 Å². The van der Waals surface area contributed by atoms with E-state index in [0.29, 0.717) is 0 Å². The van der Waals surface area contributed by atoms with E-state index in [1.807, 2.05) is 6.20 Å².